The van der Waals surface area contributed by atoms with Gasteiger partial charge in [-0.25, -0.2) is 4.79 Å². The first-order chi connectivity index (χ1) is 8.31. The van der Waals surface area contributed by atoms with Crippen molar-refractivity contribution in [3.63, 3.8) is 0 Å². The van der Waals surface area contributed by atoms with E-state index < -0.39 is 5.97 Å². The van der Waals surface area contributed by atoms with Crippen LogP contribution in [-0.2, 0) is 0 Å². The molecule has 1 aliphatic heterocycles. The Morgan fingerprint density at radius 2 is 2.00 bits per heavy atom. The van der Waals surface area contributed by atoms with E-state index in [1.807, 2.05) is 4.90 Å². The Bertz CT molecular complexity index is 492. The van der Waals surface area contributed by atoms with Gasteiger partial charge in [-0.2, -0.15) is 0 Å². The van der Waals surface area contributed by atoms with E-state index in [1.54, 1.807) is 6.07 Å². The lowest BCUT2D eigenvalue weighted by atomic mass is 9.97. The second kappa shape index (κ2) is 4.39. The van der Waals surface area contributed by atoms with Crippen LogP contribution in [-0.4, -0.2) is 34.0 Å². The van der Waals surface area contributed by atoms with Crippen LogP contribution in [0.2, 0.25) is 0 Å². The van der Waals surface area contributed by atoms with Crippen LogP contribution in [0.25, 0.3) is 0 Å². The molecule has 1 atom stereocenters. The summed E-state index contributed by atoms with van der Waals surface area (Å²) in [7, 11) is 0. The third-order valence-electron chi connectivity index (χ3n) is 3.35. The molecule has 1 aromatic heterocycles. The van der Waals surface area contributed by atoms with Crippen molar-refractivity contribution in [2.24, 2.45) is 5.92 Å². The number of likely N-dealkylation sites (tertiary alicyclic amines) is 1. The Labute approximate surface area is 110 Å². The maximum atomic E-state index is 12.4. The minimum absolute atomic E-state index is 0.0538. The van der Waals surface area contributed by atoms with Crippen LogP contribution >= 0.6 is 11.3 Å². The number of carboxylic acids is 1. The zero-order chi connectivity index (χ0) is 13.5. The van der Waals surface area contributed by atoms with Gasteiger partial charge in [-0.3, -0.25) is 4.79 Å². The highest BCUT2D eigenvalue weighted by atomic mass is 32.1. The fourth-order valence-corrected chi connectivity index (χ4v) is 3.44. The van der Waals surface area contributed by atoms with E-state index in [4.69, 9.17) is 5.11 Å². The first-order valence-corrected chi connectivity index (χ1v) is 6.78. The van der Waals surface area contributed by atoms with Crippen LogP contribution in [0.1, 0.15) is 46.5 Å². The molecule has 2 heterocycles. The highest BCUT2D eigenvalue weighted by Crippen LogP contribution is 2.34. The average molecular weight is 267 g/mol. The molecule has 5 heteroatoms. The van der Waals surface area contributed by atoms with Gasteiger partial charge < -0.3 is 10.0 Å². The molecule has 0 saturated carbocycles. The summed E-state index contributed by atoms with van der Waals surface area (Å²) >= 11 is 1.05. The molecule has 0 aromatic carbocycles. The Balaban J connectivity index is 2.23. The maximum Gasteiger partial charge on any atom is 0.345 e. The van der Waals surface area contributed by atoms with Gasteiger partial charge in [-0.05, 0) is 38.3 Å². The molecule has 1 fully saturated rings. The number of carbonyl (C=O) groups is 2. The third-order valence-corrected chi connectivity index (χ3v) is 4.41. The summed E-state index contributed by atoms with van der Waals surface area (Å²) in [4.78, 5) is 25.8. The molecule has 1 aliphatic rings. The lowest BCUT2D eigenvalue weighted by Gasteiger charge is -2.31. The lowest BCUT2D eigenvalue weighted by molar-refractivity contribution is 0.0654. The smallest absolute Gasteiger partial charge is 0.345 e. The van der Waals surface area contributed by atoms with Gasteiger partial charge in [0.25, 0.3) is 5.91 Å². The van der Waals surface area contributed by atoms with E-state index >= 15 is 0 Å². The first kappa shape index (κ1) is 13.1. The summed E-state index contributed by atoms with van der Waals surface area (Å²) in [6.45, 7) is 6.98. The van der Waals surface area contributed by atoms with E-state index in [9.17, 15) is 9.59 Å². The normalized spacial score (nSPS) is 22.2. The van der Waals surface area contributed by atoms with Crippen LogP contribution in [0.15, 0.2) is 12.1 Å². The van der Waals surface area contributed by atoms with Gasteiger partial charge in [0.2, 0.25) is 0 Å². The summed E-state index contributed by atoms with van der Waals surface area (Å²) in [5.74, 6) is -0.544. The van der Waals surface area contributed by atoms with Gasteiger partial charge in [0.1, 0.15) is 4.88 Å². The summed E-state index contributed by atoms with van der Waals surface area (Å²) in [5, 5.41) is 8.88. The number of hydrogen-bond donors (Lipinski definition) is 1. The molecule has 4 nitrogen and oxygen atoms in total. The number of carbonyl (C=O) groups excluding carboxylic acids is 1. The van der Waals surface area contributed by atoms with Gasteiger partial charge in [-0.15, -0.1) is 11.3 Å². The van der Waals surface area contributed by atoms with E-state index in [0.29, 0.717) is 10.8 Å². The van der Waals surface area contributed by atoms with Crippen molar-refractivity contribution in [1.82, 2.24) is 4.90 Å². The van der Waals surface area contributed by atoms with E-state index in [2.05, 4.69) is 20.8 Å². The molecule has 0 aliphatic carbocycles. The molecular formula is C13H17NO3S. The van der Waals surface area contributed by atoms with E-state index in [1.165, 1.54) is 6.07 Å². The van der Waals surface area contributed by atoms with Crippen molar-refractivity contribution in [3.05, 3.63) is 21.9 Å². The van der Waals surface area contributed by atoms with Crippen LogP contribution in [0.3, 0.4) is 0 Å². The molecule has 18 heavy (non-hydrogen) atoms. The molecule has 0 spiro atoms. The van der Waals surface area contributed by atoms with Crippen LogP contribution < -0.4 is 0 Å². The zero-order valence-electron chi connectivity index (χ0n) is 10.8. The Hall–Kier alpha value is -1.36. The molecule has 1 saturated heterocycles. The Morgan fingerprint density at radius 3 is 2.44 bits per heavy atom. The van der Waals surface area contributed by atoms with Gasteiger partial charge in [0.15, 0.2) is 0 Å². The van der Waals surface area contributed by atoms with E-state index in [-0.39, 0.29) is 16.3 Å². The van der Waals surface area contributed by atoms with Gasteiger partial charge in [-0.1, -0.05) is 6.92 Å². The standard InChI is InChI=1S/C13H17NO3S/c1-8-6-13(2,3)14(7-8)11(15)9-4-5-10(18-9)12(16)17/h4-5,8H,6-7H2,1-3H3,(H,16,17). The molecule has 1 unspecified atom stereocenters. The van der Waals surface area contributed by atoms with Crippen molar-refractivity contribution < 1.29 is 14.7 Å². The molecule has 0 bridgehead atoms. The molecule has 98 valence electrons. The second-order valence-electron chi connectivity index (χ2n) is 5.51. The lowest BCUT2D eigenvalue weighted by Crippen LogP contribution is -2.42. The predicted molar refractivity (Wildman–Crippen MR) is 70.2 cm³/mol. The topological polar surface area (TPSA) is 57.6 Å². The monoisotopic (exact) mass is 267 g/mol. The van der Waals surface area contributed by atoms with Crippen LogP contribution in [0.5, 0.6) is 0 Å². The largest absolute Gasteiger partial charge is 0.477 e. The number of nitrogens with zero attached hydrogens (tertiary/aromatic N) is 1. The molecule has 1 amide bonds. The fraction of sp³-hybridized carbons (Fsp3) is 0.538. The number of rotatable bonds is 2. The zero-order valence-corrected chi connectivity index (χ0v) is 11.6. The quantitative estimate of drug-likeness (QED) is 0.896. The Kier molecular flexibility index (Phi) is 3.19. The number of thiophene rings is 1. The van der Waals surface area contributed by atoms with E-state index in [0.717, 1.165) is 24.3 Å². The SMILES string of the molecule is CC1CN(C(=O)c2ccc(C(=O)O)s2)C(C)(C)C1. The number of amides is 1. The maximum absolute atomic E-state index is 12.4. The van der Waals surface area contributed by atoms with Gasteiger partial charge in [0.05, 0.1) is 4.88 Å². The first-order valence-electron chi connectivity index (χ1n) is 5.96. The van der Waals surface area contributed by atoms with Crippen LogP contribution in [0.4, 0.5) is 0 Å². The highest BCUT2D eigenvalue weighted by Gasteiger charge is 2.39. The summed E-state index contributed by atoms with van der Waals surface area (Å²) < 4.78 is 0. The summed E-state index contributed by atoms with van der Waals surface area (Å²) in [5.41, 5.74) is -0.149. The number of carboxylic acid groups (broad SMARTS) is 1. The summed E-state index contributed by atoms with van der Waals surface area (Å²) in [6.07, 6.45) is 0.982. The Morgan fingerprint density at radius 1 is 1.39 bits per heavy atom. The van der Waals surface area contributed by atoms with Crippen molar-refractivity contribution in [2.75, 3.05) is 6.54 Å². The molecule has 0 radical (unpaired) electrons. The minimum Gasteiger partial charge on any atom is -0.477 e. The van der Waals surface area contributed by atoms with Gasteiger partial charge in [0, 0.05) is 12.1 Å². The fourth-order valence-electron chi connectivity index (χ4n) is 2.64. The second-order valence-corrected chi connectivity index (χ2v) is 6.59. The van der Waals surface area contributed by atoms with Gasteiger partial charge >= 0.3 is 5.97 Å². The number of hydrogen-bond acceptors (Lipinski definition) is 3. The van der Waals surface area contributed by atoms with Crippen molar-refractivity contribution in [1.29, 1.82) is 0 Å². The third kappa shape index (κ3) is 2.27. The van der Waals surface area contributed by atoms with Crippen molar-refractivity contribution >= 4 is 23.2 Å². The van der Waals surface area contributed by atoms with Crippen LogP contribution in [0, 0.1) is 5.92 Å². The molecular weight excluding hydrogens is 250 g/mol. The molecule has 1 N–H and O–H groups in total. The van der Waals surface area contributed by atoms with Crippen molar-refractivity contribution in [3.8, 4) is 0 Å². The molecule has 1 aromatic rings. The molecule has 2 rings (SSSR count). The summed E-state index contributed by atoms with van der Waals surface area (Å²) in [6, 6.07) is 3.10. The number of aromatic carboxylic acids is 1. The average Bonchev–Trinajstić information content (AvgIpc) is 2.81. The van der Waals surface area contributed by atoms with Crippen molar-refractivity contribution in [2.45, 2.75) is 32.7 Å². The predicted octanol–water partition coefficient (Wildman–Crippen LogP) is 2.71. The highest BCUT2D eigenvalue weighted by molar-refractivity contribution is 7.15. The minimum atomic E-state index is -0.979.